The van der Waals surface area contributed by atoms with Gasteiger partial charge < -0.3 is 9.47 Å². The van der Waals surface area contributed by atoms with Crippen LogP contribution in [0.3, 0.4) is 0 Å². The van der Waals surface area contributed by atoms with E-state index in [1.165, 1.54) is 7.11 Å². The molecule has 2 unspecified atom stereocenters. The van der Waals surface area contributed by atoms with Crippen LogP contribution in [0.15, 0.2) is 59.5 Å². The molecule has 1 heterocycles. The van der Waals surface area contributed by atoms with E-state index in [1.807, 2.05) is 56.3 Å². The summed E-state index contributed by atoms with van der Waals surface area (Å²) < 4.78 is 37.9. The van der Waals surface area contributed by atoms with Gasteiger partial charge in [-0.3, -0.25) is 5.32 Å². The van der Waals surface area contributed by atoms with Crippen molar-refractivity contribution in [2.24, 2.45) is 0 Å². The molecule has 0 amide bonds. The van der Waals surface area contributed by atoms with Crippen molar-refractivity contribution in [1.29, 1.82) is 0 Å². The topological polar surface area (TPSA) is 64.6 Å². The SMILES string of the molecule is CC/C=C/C1(CC)CS(=O)(=O)c2cc(OC)c(OC)cc2C(c2ccccc2)N1. The largest absolute Gasteiger partial charge is 0.493 e. The van der Waals surface area contributed by atoms with E-state index in [2.05, 4.69) is 5.32 Å². The van der Waals surface area contributed by atoms with Crippen molar-refractivity contribution in [2.75, 3.05) is 20.0 Å². The molecule has 29 heavy (non-hydrogen) atoms. The molecule has 0 spiro atoms. The summed E-state index contributed by atoms with van der Waals surface area (Å²) in [6.07, 6.45) is 5.54. The monoisotopic (exact) mass is 415 g/mol. The van der Waals surface area contributed by atoms with Crippen LogP contribution >= 0.6 is 0 Å². The van der Waals surface area contributed by atoms with Crippen molar-refractivity contribution in [3.05, 3.63) is 65.7 Å². The average Bonchev–Trinajstić information content (AvgIpc) is 2.84. The highest BCUT2D eigenvalue weighted by molar-refractivity contribution is 7.91. The number of methoxy groups -OCH3 is 2. The Bertz CT molecular complexity index is 985. The Hall–Kier alpha value is -2.31. The van der Waals surface area contributed by atoms with Gasteiger partial charge >= 0.3 is 0 Å². The molecule has 2 atom stereocenters. The van der Waals surface area contributed by atoms with Crippen LogP contribution in [0.25, 0.3) is 0 Å². The second-order valence-corrected chi connectivity index (χ2v) is 9.27. The van der Waals surface area contributed by atoms with Crippen LogP contribution in [0.4, 0.5) is 0 Å². The Balaban J connectivity index is 2.31. The number of hydrogen-bond acceptors (Lipinski definition) is 5. The fraction of sp³-hybridized carbons (Fsp3) is 0.391. The normalized spacial score (nSPS) is 23.4. The Kier molecular flexibility index (Phi) is 6.34. The Morgan fingerprint density at radius 3 is 2.34 bits per heavy atom. The van der Waals surface area contributed by atoms with E-state index in [-0.39, 0.29) is 16.7 Å². The first-order valence-corrected chi connectivity index (χ1v) is 11.5. The molecule has 5 nitrogen and oxygen atoms in total. The van der Waals surface area contributed by atoms with Crippen molar-refractivity contribution >= 4 is 9.84 Å². The highest BCUT2D eigenvalue weighted by Gasteiger charge is 2.41. The zero-order valence-corrected chi connectivity index (χ0v) is 18.3. The molecular formula is C23H29NO4S. The Labute approximate surface area is 173 Å². The molecule has 0 fully saturated rings. The first-order chi connectivity index (χ1) is 13.9. The third-order valence-electron chi connectivity index (χ3n) is 5.48. The van der Waals surface area contributed by atoms with Gasteiger partial charge in [0.25, 0.3) is 0 Å². The molecule has 0 radical (unpaired) electrons. The van der Waals surface area contributed by atoms with E-state index < -0.39 is 15.4 Å². The van der Waals surface area contributed by atoms with Crippen LogP contribution < -0.4 is 14.8 Å². The highest BCUT2D eigenvalue weighted by atomic mass is 32.2. The standard InChI is InChI=1S/C23H29NO4S/c1-5-7-13-23(6-2)16-29(25,26)21-15-20(28-4)19(27-3)14-18(21)22(24-23)17-11-9-8-10-12-17/h7-15,22,24H,5-6,16H2,1-4H3/b13-7+. The first kappa shape index (κ1) is 21.4. The fourth-order valence-corrected chi connectivity index (χ4v) is 5.90. The molecule has 0 aliphatic carbocycles. The summed E-state index contributed by atoms with van der Waals surface area (Å²) in [5.74, 6) is 0.908. The minimum absolute atomic E-state index is 0.0151. The summed E-state index contributed by atoms with van der Waals surface area (Å²) >= 11 is 0. The molecule has 0 bridgehead atoms. The lowest BCUT2D eigenvalue weighted by Gasteiger charge is -2.33. The van der Waals surface area contributed by atoms with Crippen LogP contribution in [0, 0.1) is 0 Å². The van der Waals surface area contributed by atoms with Crippen LogP contribution in [0.2, 0.25) is 0 Å². The number of rotatable bonds is 6. The molecule has 0 aromatic heterocycles. The van der Waals surface area contributed by atoms with Crippen molar-refractivity contribution in [2.45, 2.75) is 43.2 Å². The Morgan fingerprint density at radius 2 is 1.76 bits per heavy atom. The van der Waals surface area contributed by atoms with Gasteiger partial charge in [-0.25, -0.2) is 8.42 Å². The summed E-state index contributed by atoms with van der Waals surface area (Å²) in [5.41, 5.74) is 1.00. The quantitative estimate of drug-likeness (QED) is 0.713. The maximum atomic E-state index is 13.5. The van der Waals surface area contributed by atoms with Gasteiger partial charge in [-0.1, -0.05) is 56.3 Å². The van der Waals surface area contributed by atoms with E-state index in [9.17, 15) is 8.42 Å². The molecular weight excluding hydrogens is 386 g/mol. The third-order valence-corrected chi connectivity index (χ3v) is 7.40. The van der Waals surface area contributed by atoms with E-state index >= 15 is 0 Å². The Morgan fingerprint density at radius 1 is 1.10 bits per heavy atom. The molecule has 2 aromatic rings. The van der Waals surface area contributed by atoms with Gasteiger partial charge in [-0.2, -0.15) is 0 Å². The number of hydrogen-bond donors (Lipinski definition) is 1. The summed E-state index contributed by atoms with van der Waals surface area (Å²) in [6.45, 7) is 4.06. The zero-order chi connectivity index (χ0) is 21.1. The van der Waals surface area contributed by atoms with Gasteiger partial charge in [0.2, 0.25) is 0 Å². The smallest absolute Gasteiger partial charge is 0.180 e. The van der Waals surface area contributed by atoms with E-state index in [4.69, 9.17) is 9.47 Å². The molecule has 0 saturated carbocycles. The molecule has 1 aliphatic rings. The maximum absolute atomic E-state index is 13.5. The predicted molar refractivity (Wildman–Crippen MR) is 115 cm³/mol. The van der Waals surface area contributed by atoms with Gasteiger partial charge in [0.15, 0.2) is 21.3 Å². The molecule has 6 heteroatoms. The number of sulfone groups is 1. The summed E-state index contributed by atoms with van der Waals surface area (Å²) in [5, 5.41) is 3.67. The second-order valence-electron chi connectivity index (χ2n) is 7.31. The van der Waals surface area contributed by atoms with Crippen molar-refractivity contribution in [1.82, 2.24) is 5.32 Å². The second kappa shape index (κ2) is 8.59. The number of benzene rings is 2. The average molecular weight is 416 g/mol. The molecule has 3 rings (SSSR count). The molecule has 1 aliphatic heterocycles. The number of nitrogens with one attached hydrogen (secondary N) is 1. The van der Waals surface area contributed by atoms with Crippen LogP contribution in [0.5, 0.6) is 11.5 Å². The van der Waals surface area contributed by atoms with Gasteiger partial charge in [0.1, 0.15) is 0 Å². The molecule has 2 aromatic carbocycles. The number of ether oxygens (including phenoxy) is 2. The molecule has 1 N–H and O–H groups in total. The minimum atomic E-state index is -3.58. The summed E-state index contributed by atoms with van der Waals surface area (Å²) in [7, 11) is -0.505. The zero-order valence-electron chi connectivity index (χ0n) is 17.4. The first-order valence-electron chi connectivity index (χ1n) is 9.88. The third kappa shape index (κ3) is 4.19. The number of allylic oxidation sites excluding steroid dienone is 1. The molecule has 0 saturated heterocycles. The fourth-order valence-electron chi connectivity index (χ4n) is 3.86. The summed E-state index contributed by atoms with van der Waals surface area (Å²) in [4.78, 5) is 0.289. The van der Waals surface area contributed by atoms with Gasteiger partial charge in [0.05, 0.1) is 36.4 Å². The van der Waals surface area contributed by atoms with Crippen LogP contribution in [0.1, 0.15) is 43.9 Å². The highest BCUT2D eigenvalue weighted by Crippen LogP contribution is 2.42. The van der Waals surface area contributed by atoms with Crippen molar-refractivity contribution in [3.8, 4) is 11.5 Å². The van der Waals surface area contributed by atoms with Gasteiger partial charge in [0, 0.05) is 6.07 Å². The number of fused-ring (bicyclic) bond motifs is 1. The molecule has 156 valence electrons. The predicted octanol–water partition coefficient (Wildman–Crippen LogP) is 4.29. The summed E-state index contributed by atoms with van der Waals surface area (Å²) in [6, 6.07) is 13.0. The lowest BCUT2D eigenvalue weighted by atomic mass is 9.91. The van der Waals surface area contributed by atoms with Gasteiger partial charge in [-0.05, 0) is 30.0 Å². The van der Waals surface area contributed by atoms with Crippen LogP contribution in [-0.2, 0) is 9.84 Å². The lowest BCUT2D eigenvalue weighted by Crippen LogP contribution is -2.48. The van der Waals surface area contributed by atoms with Gasteiger partial charge in [-0.15, -0.1) is 0 Å². The van der Waals surface area contributed by atoms with E-state index in [1.54, 1.807) is 19.2 Å². The van der Waals surface area contributed by atoms with Crippen LogP contribution in [-0.4, -0.2) is 33.9 Å². The minimum Gasteiger partial charge on any atom is -0.493 e. The maximum Gasteiger partial charge on any atom is 0.180 e. The lowest BCUT2D eigenvalue weighted by molar-refractivity contribution is 0.351. The van der Waals surface area contributed by atoms with E-state index in [0.717, 1.165) is 12.0 Å². The van der Waals surface area contributed by atoms with Crippen molar-refractivity contribution in [3.63, 3.8) is 0 Å². The van der Waals surface area contributed by atoms with E-state index in [0.29, 0.717) is 23.5 Å². The van der Waals surface area contributed by atoms with Crippen molar-refractivity contribution < 1.29 is 17.9 Å².